The zero-order chi connectivity index (χ0) is 24.4. The number of aromatic nitrogens is 1. The predicted octanol–water partition coefficient (Wildman–Crippen LogP) is 3.35. The lowest BCUT2D eigenvalue weighted by Crippen LogP contribution is -2.45. The van der Waals surface area contributed by atoms with Gasteiger partial charge in [-0.1, -0.05) is 6.07 Å². The van der Waals surface area contributed by atoms with Crippen molar-refractivity contribution < 1.29 is 21.6 Å². The zero-order valence-corrected chi connectivity index (χ0v) is 20.9. The summed E-state index contributed by atoms with van der Waals surface area (Å²) in [5.41, 5.74) is 2.62. The number of benzene rings is 2. The number of hydrogen-bond donors (Lipinski definition) is 2. The Bertz CT molecular complexity index is 1350. The maximum atomic E-state index is 12.9. The number of amides is 1. The third-order valence-corrected chi connectivity index (χ3v) is 8.33. The fourth-order valence-corrected chi connectivity index (χ4v) is 6.04. The summed E-state index contributed by atoms with van der Waals surface area (Å²) in [6.45, 7) is 5.27. The molecule has 0 bridgehead atoms. The van der Waals surface area contributed by atoms with Crippen LogP contribution in [0.25, 0.3) is 0 Å². The van der Waals surface area contributed by atoms with Crippen molar-refractivity contribution in [1.82, 2.24) is 4.98 Å². The SMILES string of the molecule is Cc1ccc(N([C@@H](C)C(=O)Nc2ccc(S(=O)(=O)Nc3nccs3)cc2)S(C)(=O)=O)cc1C. The van der Waals surface area contributed by atoms with Crippen molar-refractivity contribution >= 4 is 53.8 Å². The molecule has 0 saturated heterocycles. The Morgan fingerprint density at radius 2 is 1.70 bits per heavy atom. The van der Waals surface area contributed by atoms with Gasteiger partial charge in [0.1, 0.15) is 6.04 Å². The molecule has 33 heavy (non-hydrogen) atoms. The molecular weight excluding hydrogens is 484 g/mol. The minimum atomic E-state index is -3.82. The van der Waals surface area contributed by atoms with Crippen LogP contribution < -0.4 is 14.3 Å². The van der Waals surface area contributed by atoms with Crippen LogP contribution in [-0.2, 0) is 24.8 Å². The summed E-state index contributed by atoms with van der Waals surface area (Å²) in [6, 6.07) is 9.67. The molecule has 3 rings (SSSR count). The van der Waals surface area contributed by atoms with Gasteiger partial charge in [0.05, 0.1) is 16.8 Å². The Balaban J connectivity index is 1.78. The summed E-state index contributed by atoms with van der Waals surface area (Å²) < 4.78 is 53.3. The first kappa shape index (κ1) is 24.7. The van der Waals surface area contributed by atoms with Crippen molar-refractivity contribution in [3.05, 3.63) is 65.2 Å². The molecule has 1 atom stereocenters. The minimum absolute atomic E-state index is 0.00311. The average molecular weight is 509 g/mol. The summed E-state index contributed by atoms with van der Waals surface area (Å²) in [6.07, 6.45) is 2.53. The highest BCUT2D eigenvalue weighted by molar-refractivity contribution is 7.93. The molecule has 9 nitrogen and oxygen atoms in total. The molecule has 0 aliphatic rings. The molecule has 2 aromatic carbocycles. The molecule has 0 radical (unpaired) electrons. The minimum Gasteiger partial charge on any atom is -0.324 e. The van der Waals surface area contributed by atoms with Crippen molar-refractivity contribution in [3.8, 4) is 0 Å². The molecule has 0 aliphatic carbocycles. The van der Waals surface area contributed by atoms with Crippen molar-refractivity contribution in [2.45, 2.75) is 31.7 Å². The Labute approximate surface area is 197 Å². The predicted molar refractivity (Wildman–Crippen MR) is 131 cm³/mol. The number of sulfonamides is 2. The van der Waals surface area contributed by atoms with Crippen molar-refractivity contribution in [1.29, 1.82) is 0 Å². The summed E-state index contributed by atoms with van der Waals surface area (Å²) in [7, 11) is -7.58. The smallest absolute Gasteiger partial charge is 0.263 e. The third kappa shape index (κ3) is 5.89. The lowest BCUT2D eigenvalue weighted by molar-refractivity contribution is -0.116. The lowest BCUT2D eigenvalue weighted by Gasteiger charge is -2.28. The Morgan fingerprint density at radius 3 is 2.24 bits per heavy atom. The molecule has 3 aromatic rings. The van der Waals surface area contributed by atoms with Gasteiger partial charge in [-0.25, -0.2) is 21.8 Å². The summed E-state index contributed by atoms with van der Waals surface area (Å²) in [5.74, 6) is -0.560. The van der Waals surface area contributed by atoms with Gasteiger partial charge in [0.15, 0.2) is 5.13 Å². The van der Waals surface area contributed by atoms with Crippen LogP contribution in [0.5, 0.6) is 0 Å². The molecule has 176 valence electrons. The van der Waals surface area contributed by atoms with E-state index in [1.807, 2.05) is 13.8 Å². The molecule has 0 fully saturated rings. The first-order valence-corrected chi connectivity index (χ1v) is 14.0. The monoisotopic (exact) mass is 508 g/mol. The standard InChI is InChI=1S/C21H24N4O5S3/c1-14-5-8-18(13-15(14)2)25(32(4,27)28)16(3)20(26)23-17-6-9-19(10-7-17)33(29,30)24-21-22-11-12-31-21/h5-13,16H,1-4H3,(H,22,24)(H,23,26)/t16-/m0/s1. The highest BCUT2D eigenvalue weighted by Crippen LogP contribution is 2.25. The van der Waals surface area contributed by atoms with E-state index < -0.39 is 32.0 Å². The maximum absolute atomic E-state index is 12.9. The molecule has 0 aliphatic heterocycles. The first-order valence-electron chi connectivity index (χ1n) is 9.78. The Morgan fingerprint density at radius 1 is 1.03 bits per heavy atom. The molecule has 2 N–H and O–H groups in total. The lowest BCUT2D eigenvalue weighted by atomic mass is 10.1. The van der Waals surface area contributed by atoms with Crippen LogP contribution in [-0.4, -0.2) is 40.0 Å². The normalized spacial score (nSPS) is 12.7. The van der Waals surface area contributed by atoms with Gasteiger partial charge in [-0.05, 0) is 68.3 Å². The number of rotatable bonds is 8. The van der Waals surface area contributed by atoms with E-state index in [0.29, 0.717) is 11.4 Å². The van der Waals surface area contributed by atoms with Gasteiger partial charge < -0.3 is 5.32 Å². The number of anilines is 3. The zero-order valence-electron chi connectivity index (χ0n) is 18.4. The summed E-state index contributed by atoms with van der Waals surface area (Å²) in [5, 5.41) is 4.54. The second kappa shape index (κ2) is 9.49. The van der Waals surface area contributed by atoms with E-state index >= 15 is 0 Å². The molecule has 1 amide bonds. The number of carbonyl (C=O) groups excluding carboxylic acids is 1. The second-order valence-corrected chi connectivity index (χ2v) is 11.9. The van der Waals surface area contributed by atoms with E-state index in [4.69, 9.17) is 0 Å². The number of aryl methyl sites for hydroxylation is 2. The molecule has 0 unspecified atom stereocenters. The van der Waals surface area contributed by atoms with E-state index in [-0.39, 0.29) is 10.0 Å². The summed E-state index contributed by atoms with van der Waals surface area (Å²) in [4.78, 5) is 16.8. The molecule has 0 spiro atoms. The largest absolute Gasteiger partial charge is 0.324 e. The Kier molecular flexibility index (Phi) is 7.10. The average Bonchev–Trinajstić information content (AvgIpc) is 3.22. The van der Waals surface area contributed by atoms with E-state index in [1.54, 1.807) is 23.6 Å². The number of nitrogens with one attached hydrogen (secondary N) is 2. The number of hydrogen-bond acceptors (Lipinski definition) is 7. The van der Waals surface area contributed by atoms with Gasteiger partial charge in [0.2, 0.25) is 15.9 Å². The van der Waals surface area contributed by atoms with E-state index in [1.165, 1.54) is 37.4 Å². The van der Waals surface area contributed by atoms with Crippen LogP contribution in [0.15, 0.2) is 58.9 Å². The van der Waals surface area contributed by atoms with Crippen LogP contribution in [0.3, 0.4) is 0 Å². The molecule has 1 heterocycles. The maximum Gasteiger partial charge on any atom is 0.263 e. The first-order chi connectivity index (χ1) is 15.4. The van der Waals surface area contributed by atoms with Gasteiger partial charge in [-0.3, -0.25) is 13.8 Å². The fraction of sp³-hybridized carbons (Fsp3) is 0.238. The number of carbonyl (C=O) groups is 1. The molecule has 1 aromatic heterocycles. The fourth-order valence-electron chi connectivity index (χ4n) is 3.08. The highest BCUT2D eigenvalue weighted by Gasteiger charge is 2.29. The van der Waals surface area contributed by atoms with Crippen LogP contribution in [0, 0.1) is 13.8 Å². The Hall–Kier alpha value is -2.96. The van der Waals surface area contributed by atoms with Crippen LogP contribution in [0.1, 0.15) is 18.1 Å². The van der Waals surface area contributed by atoms with Crippen LogP contribution in [0.4, 0.5) is 16.5 Å². The van der Waals surface area contributed by atoms with Gasteiger partial charge in [-0.2, -0.15) is 0 Å². The molecule has 0 saturated carbocycles. The summed E-state index contributed by atoms with van der Waals surface area (Å²) >= 11 is 1.15. The van der Waals surface area contributed by atoms with E-state index in [9.17, 15) is 21.6 Å². The van der Waals surface area contributed by atoms with E-state index in [0.717, 1.165) is 33.0 Å². The quantitative estimate of drug-likeness (QED) is 0.481. The van der Waals surface area contributed by atoms with Crippen molar-refractivity contribution in [2.24, 2.45) is 0 Å². The number of thiazole rings is 1. The molecular formula is C21H24N4O5S3. The van der Waals surface area contributed by atoms with Gasteiger partial charge in [0.25, 0.3) is 10.0 Å². The second-order valence-electron chi connectivity index (χ2n) is 7.46. The number of nitrogens with zero attached hydrogens (tertiary/aromatic N) is 2. The van der Waals surface area contributed by atoms with Gasteiger partial charge in [-0.15, -0.1) is 11.3 Å². The van der Waals surface area contributed by atoms with E-state index in [2.05, 4.69) is 15.0 Å². The third-order valence-electron chi connectivity index (χ3n) is 4.92. The molecule has 12 heteroatoms. The van der Waals surface area contributed by atoms with Crippen molar-refractivity contribution in [3.63, 3.8) is 0 Å². The van der Waals surface area contributed by atoms with Crippen LogP contribution in [0.2, 0.25) is 0 Å². The highest BCUT2D eigenvalue weighted by atomic mass is 32.2. The van der Waals surface area contributed by atoms with Gasteiger partial charge >= 0.3 is 0 Å². The topological polar surface area (TPSA) is 126 Å². The van der Waals surface area contributed by atoms with Gasteiger partial charge in [0, 0.05) is 17.3 Å². The van der Waals surface area contributed by atoms with Crippen LogP contribution >= 0.6 is 11.3 Å². The van der Waals surface area contributed by atoms with Crippen molar-refractivity contribution in [2.75, 3.05) is 20.6 Å².